The van der Waals surface area contributed by atoms with Gasteiger partial charge < -0.3 is 0 Å². The van der Waals surface area contributed by atoms with E-state index in [4.69, 9.17) is 4.11 Å². The van der Waals surface area contributed by atoms with Crippen molar-refractivity contribution in [3.8, 4) is 67.5 Å². The molecule has 6 nitrogen and oxygen atoms in total. The fourth-order valence-corrected chi connectivity index (χ4v) is 12.2. The molecule has 94 heavy (non-hydrogen) atoms. The molecule has 0 aliphatic heterocycles. The number of pyridine rings is 6. The third kappa shape index (κ3) is 18.1. The lowest BCUT2D eigenvalue weighted by atomic mass is 9.97. The van der Waals surface area contributed by atoms with Gasteiger partial charge in [0.1, 0.15) is 42.3 Å². The first-order valence-corrected chi connectivity index (χ1v) is 32.7. The van der Waals surface area contributed by atoms with Crippen molar-refractivity contribution in [1.82, 2.24) is 0 Å². The molecule has 12 aromatic rings. The zero-order valence-electron chi connectivity index (χ0n) is 63.1. The molecule has 480 valence electrons. The molecule has 6 heteroatoms. The van der Waals surface area contributed by atoms with Crippen LogP contribution in [0.2, 0.25) is 0 Å². The Morgan fingerprint density at radius 1 is 0.245 bits per heavy atom. The monoisotopic (exact) mass is 1250 g/mol. The van der Waals surface area contributed by atoms with E-state index in [1.54, 1.807) is 12.3 Å². The highest BCUT2D eigenvalue weighted by molar-refractivity contribution is 5.68. The van der Waals surface area contributed by atoms with Crippen LogP contribution in [-0.4, -0.2) is 0 Å². The van der Waals surface area contributed by atoms with Crippen LogP contribution in [0.5, 0.6) is 0 Å². The maximum Gasteiger partial charge on any atom is 0.215 e. The number of rotatable bonds is 6. The molecule has 6 aromatic carbocycles. The van der Waals surface area contributed by atoms with Crippen LogP contribution in [-0.2, 0) is 42.3 Å². The third-order valence-electron chi connectivity index (χ3n) is 18.0. The minimum atomic E-state index is -2.05. The molecule has 0 spiro atoms. The van der Waals surface area contributed by atoms with E-state index in [-0.39, 0.29) is 0 Å². The zero-order valence-corrected chi connectivity index (χ0v) is 60.1. The summed E-state index contributed by atoms with van der Waals surface area (Å²) in [6, 6.07) is 69.4. The first-order valence-electron chi connectivity index (χ1n) is 34.2. The Morgan fingerprint density at radius 3 is 1.13 bits per heavy atom. The van der Waals surface area contributed by atoms with Crippen LogP contribution in [0.1, 0.15) is 93.3 Å². The van der Waals surface area contributed by atoms with E-state index in [1.165, 1.54) is 140 Å². The second kappa shape index (κ2) is 33.2. The Bertz CT molecular complexity index is 4640. The largest absolute Gasteiger partial charge is 0.215 e. The molecule has 0 atom stereocenters. The summed E-state index contributed by atoms with van der Waals surface area (Å²) < 4.78 is 35.1. The number of nitrogens with zero attached hydrogens (tertiary/aromatic N) is 6. The fraction of sp³-hybridized carbons (Fsp3) is 0.250. The summed E-state index contributed by atoms with van der Waals surface area (Å²) in [4.78, 5) is 0. The van der Waals surface area contributed by atoms with Crippen molar-refractivity contribution < 1.29 is 31.5 Å². The standard InChI is InChI=1S/C16H20N.2C15H18N.3C14H16N/c1-11-8-6-7-9-15(11)16-14(4)13(3)12(2)10-17(16)5;1-11-9-13(3)15(16(4)10-11)14-8-6-5-7-12(14)2;1-11-9-10-16(4)15(13(11)3)14-8-6-5-7-12(14)2;1-11-7-4-5-9-13(11)14-10-6-8-12(2)15(14)3;1-11-8-9-15(3)14(10-11)13-7-5-4-6-12(13)2;1-11-8-9-14(15(3)10-11)13-7-5-4-6-12(13)2/h6-10H,1-5H3;2*5-10H,1-4H3;3*4-10H,1-3H3/q6*+1/i;;;;;1D3. The molecule has 6 aromatic heterocycles. The lowest BCUT2D eigenvalue weighted by Crippen LogP contribution is -2.34. The van der Waals surface area contributed by atoms with E-state index in [0.717, 1.165) is 11.3 Å². The van der Waals surface area contributed by atoms with E-state index in [2.05, 4.69) is 344 Å². The van der Waals surface area contributed by atoms with Gasteiger partial charge >= 0.3 is 0 Å². The quantitative estimate of drug-likeness (QED) is 0.148. The average molecular weight is 1250 g/mol. The molecule has 0 bridgehead atoms. The van der Waals surface area contributed by atoms with Crippen LogP contribution in [0.3, 0.4) is 0 Å². The van der Waals surface area contributed by atoms with Crippen LogP contribution in [0.25, 0.3) is 67.5 Å². The molecule has 6 heterocycles. The fourth-order valence-electron chi connectivity index (χ4n) is 12.2. The van der Waals surface area contributed by atoms with Crippen molar-refractivity contribution in [1.29, 1.82) is 0 Å². The van der Waals surface area contributed by atoms with Gasteiger partial charge in [-0.1, -0.05) is 109 Å². The highest BCUT2D eigenvalue weighted by Gasteiger charge is 2.21. The number of aromatic nitrogens is 6. The number of hydrogen-bond acceptors (Lipinski definition) is 0. The maximum atomic E-state index is 7.41. The van der Waals surface area contributed by atoms with E-state index in [0.29, 0.717) is 5.56 Å². The molecule has 0 amide bonds. The molecule has 0 saturated carbocycles. The molecule has 12 rings (SSSR count). The van der Waals surface area contributed by atoms with Crippen molar-refractivity contribution in [3.63, 3.8) is 0 Å². The number of benzene rings is 6. The minimum Gasteiger partial charge on any atom is -0.201 e. The molecule has 0 N–H and O–H groups in total. The van der Waals surface area contributed by atoms with Crippen molar-refractivity contribution in [3.05, 3.63) is 320 Å². The Hall–Kier alpha value is -9.78. The summed E-state index contributed by atoms with van der Waals surface area (Å²) in [5.74, 6) is 0. The van der Waals surface area contributed by atoms with Crippen LogP contribution in [0.15, 0.2) is 231 Å². The van der Waals surface area contributed by atoms with E-state index >= 15 is 0 Å². The van der Waals surface area contributed by atoms with Gasteiger partial charge in [-0.25, -0.2) is 22.8 Å². The zero-order chi connectivity index (χ0) is 71.0. The first kappa shape index (κ1) is 67.1. The smallest absolute Gasteiger partial charge is 0.201 e. The molecule has 0 fully saturated rings. The van der Waals surface area contributed by atoms with Crippen molar-refractivity contribution in [2.75, 3.05) is 0 Å². The van der Waals surface area contributed by atoms with Gasteiger partial charge in [-0.05, 0) is 208 Å². The summed E-state index contributed by atoms with van der Waals surface area (Å²) in [7, 11) is 12.4. The van der Waals surface area contributed by atoms with E-state index in [9.17, 15) is 0 Å². The van der Waals surface area contributed by atoms with Gasteiger partial charge in [0.25, 0.3) is 0 Å². The lowest BCUT2D eigenvalue weighted by molar-refractivity contribution is -0.666. The van der Waals surface area contributed by atoms with Crippen molar-refractivity contribution in [2.45, 2.75) is 111 Å². The van der Waals surface area contributed by atoms with Gasteiger partial charge in [-0.3, -0.25) is 0 Å². The number of hydrogen-bond donors (Lipinski definition) is 0. The second-order valence-corrected chi connectivity index (χ2v) is 25.4. The van der Waals surface area contributed by atoms with Gasteiger partial charge in [0.15, 0.2) is 36.7 Å². The topological polar surface area (TPSA) is 23.3 Å². The maximum absolute atomic E-state index is 7.41. The van der Waals surface area contributed by atoms with Crippen LogP contribution < -0.4 is 27.4 Å². The van der Waals surface area contributed by atoms with Crippen LogP contribution in [0.4, 0.5) is 0 Å². The molecule has 0 unspecified atom stereocenters. The Kier molecular flexibility index (Phi) is 23.7. The highest BCUT2D eigenvalue weighted by atomic mass is 15.0. The molecule has 0 saturated heterocycles. The summed E-state index contributed by atoms with van der Waals surface area (Å²) in [5.41, 5.74) is 35.4. The summed E-state index contributed by atoms with van der Waals surface area (Å²) in [6.07, 6.45) is 10.3. The Balaban J connectivity index is 0.000000164. The predicted molar refractivity (Wildman–Crippen MR) is 394 cm³/mol. The highest BCUT2D eigenvalue weighted by Crippen LogP contribution is 2.29. The van der Waals surface area contributed by atoms with Gasteiger partial charge in [-0.15, -0.1) is 0 Å². The summed E-state index contributed by atoms with van der Waals surface area (Å²) in [5, 5.41) is 0. The van der Waals surface area contributed by atoms with Crippen molar-refractivity contribution in [2.24, 2.45) is 42.3 Å². The van der Waals surface area contributed by atoms with E-state index in [1.807, 2.05) is 48.9 Å². The van der Waals surface area contributed by atoms with E-state index < -0.39 is 6.85 Å². The SMILES string of the molecule is Cc1cc(C)c(-c2ccccc2C)[n+](C)c1.Cc1cc[n+](C)c(-c2ccccc2C)c1.Cc1ccccc1-c1c(C)c(C)c(C)c[n+]1C.Cc1ccccc1-c1c(C)c(C)cc[n+]1C.Cc1ccccc1-c1cccc(C)[n+]1C.[2H]C([2H])([2H])c1ccc(-c2ccccc2C)[n+](C)c1. The molecular formula is C88H104N6+6. The second-order valence-electron chi connectivity index (χ2n) is 25.4. The van der Waals surface area contributed by atoms with Gasteiger partial charge in [0.2, 0.25) is 34.2 Å². The summed E-state index contributed by atoms with van der Waals surface area (Å²) in [6.45, 7) is 30.3. The van der Waals surface area contributed by atoms with Crippen molar-refractivity contribution >= 4 is 0 Å². The van der Waals surface area contributed by atoms with Gasteiger partial charge in [0.05, 0.1) is 0 Å². The summed E-state index contributed by atoms with van der Waals surface area (Å²) >= 11 is 0. The molecule has 0 radical (unpaired) electrons. The third-order valence-corrected chi connectivity index (χ3v) is 18.0. The first-order chi connectivity index (χ1) is 46.0. The molecule has 0 aliphatic carbocycles. The Labute approximate surface area is 569 Å². The minimum absolute atomic E-state index is 0.363. The van der Waals surface area contributed by atoms with Crippen LogP contribution >= 0.6 is 0 Å². The van der Waals surface area contributed by atoms with Gasteiger partial charge in [0, 0.05) is 114 Å². The Morgan fingerprint density at radius 2 is 0.660 bits per heavy atom. The lowest BCUT2D eigenvalue weighted by Gasteiger charge is -2.10. The molecule has 0 aliphatic rings. The predicted octanol–water partition coefficient (Wildman–Crippen LogP) is 18.0. The van der Waals surface area contributed by atoms with Gasteiger partial charge in [-0.2, -0.15) is 4.57 Å². The van der Waals surface area contributed by atoms with Crippen LogP contribution in [0, 0.1) is 111 Å². The average Bonchev–Trinajstić information content (AvgIpc) is 0.837. The molecular weight excluding hydrogens is 1140 g/mol. The number of aryl methyl sites for hydroxylation is 18. The normalized spacial score (nSPS) is 11.1.